The van der Waals surface area contributed by atoms with Crippen LogP contribution in [-0.2, 0) is 17.4 Å². The first-order valence-corrected chi connectivity index (χ1v) is 11.6. The number of carboxylic acid groups (broad SMARTS) is 1. The number of hydrogen-bond acceptors (Lipinski definition) is 4. The second kappa shape index (κ2) is 11.1. The molecular weight excluding hydrogens is 506 g/mol. The molecule has 0 heterocycles. The fraction of sp³-hybridized carbons (Fsp3) is 0.286. The first-order chi connectivity index (χ1) is 17.7. The summed E-state index contributed by atoms with van der Waals surface area (Å²) in [6.07, 6.45) is -4.22. The van der Waals surface area contributed by atoms with Crippen LogP contribution in [-0.4, -0.2) is 41.1 Å². The highest BCUT2D eigenvalue weighted by molar-refractivity contribution is 5.94. The Morgan fingerprint density at radius 3 is 2.18 bits per heavy atom. The molecule has 0 saturated heterocycles. The second-order valence-corrected chi connectivity index (χ2v) is 9.29. The van der Waals surface area contributed by atoms with E-state index in [1.807, 2.05) is 0 Å². The van der Waals surface area contributed by atoms with Gasteiger partial charge in [-0.1, -0.05) is 0 Å². The van der Waals surface area contributed by atoms with Crippen molar-refractivity contribution in [3.63, 3.8) is 0 Å². The number of rotatable bonds is 9. The molecule has 0 saturated carbocycles. The topological polar surface area (TPSA) is 76.1 Å². The van der Waals surface area contributed by atoms with E-state index in [1.165, 1.54) is 37.9 Å². The van der Waals surface area contributed by atoms with E-state index in [9.17, 15) is 32.3 Å². The van der Waals surface area contributed by atoms with Crippen molar-refractivity contribution in [2.24, 2.45) is 0 Å². The normalized spacial score (nSPS) is 11.7. The van der Waals surface area contributed by atoms with Crippen LogP contribution in [0.5, 0.6) is 17.2 Å². The standard InChI is InChI=1S/C28H27F4NO5/c1-17-13-22(9-10-24(17)38-27(2,3)26(35)36)37-23-15-18(14-21(29)16-23)11-12-33(4)25(34)19-5-7-20(8-6-19)28(30,31)32/h5-10,13-16H,11-12H2,1-4H3,(H,35,36). The van der Waals surface area contributed by atoms with E-state index >= 15 is 0 Å². The molecule has 0 aliphatic carbocycles. The van der Waals surface area contributed by atoms with E-state index in [0.29, 0.717) is 22.6 Å². The molecule has 1 amide bonds. The van der Waals surface area contributed by atoms with Gasteiger partial charge in [0.1, 0.15) is 23.1 Å². The Bertz CT molecular complexity index is 1320. The van der Waals surface area contributed by atoms with Gasteiger partial charge in [0, 0.05) is 25.2 Å². The third-order valence-corrected chi connectivity index (χ3v) is 5.74. The van der Waals surface area contributed by atoms with Crippen LogP contribution < -0.4 is 9.47 Å². The van der Waals surface area contributed by atoms with Crippen molar-refractivity contribution < 1.29 is 41.7 Å². The Hall–Kier alpha value is -4.08. The number of aliphatic carboxylic acids is 1. The summed E-state index contributed by atoms with van der Waals surface area (Å²) < 4.78 is 63.9. The number of benzene rings is 3. The SMILES string of the molecule is Cc1cc(Oc2cc(F)cc(CCN(C)C(=O)c3ccc(C(F)(F)F)cc3)c2)ccc1OC(C)(C)C(=O)O. The van der Waals surface area contributed by atoms with Crippen LogP contribution in [0.3, 0.4) is 0 Å². The van der Waals surface area contributed by atoms with E-state index in [0.717, 1.165) is 24.3 Å². The Kier molecular flexibility index (Phi) is 8.34. The molecular formula is C28H27F4NO5. The van der Waals surface area contributed by atoms with Crippen molar-refractivity contribution in [3.05, 3.63) is 88.7 Å². The number of likely N-dealkylation sites (N-methyl/N-ethyl adjacent to an activating group) is 1. The number of carbonyl (C=O) groups excluding carboxylic acids is 1. The number of nitrogens with zero attached hydrogens (tertiary/aromatic N) is 1. The van der Waals surface area contributed by atoms with Crippen molar-refractivity contribution in [1.29, 1.82) is 0 Å². The first kappa shape index (κ1) is 28.5. The summed E-state index contributed by atoms with van der Waals surface area (Å²) in [5.41, 5.74) is -0.987. The number of amides is 1. The van der Waals surface area contributed by atoms with Gasteiger partial charge in [-0.15, -0.1) is 0 Å². The molecule has 202 valence electrons. The van der Waals surface area contributed by atoms with Crippen LogP contribution >= 0.6 is 0 Å². The monoisotopic (exact) mass is 533 g/mol. The molecule has 0 aliphatic rings. The Balaban J connectivity index is 1.66. The summed E-state index contributed by atoms with van der Waals surface area (Å²) in [6, 6.07) is 12.8. The highest BCUT2D eigenvalue weighted by Gasteiger charge is 2.31. The number of aryl methyl sites for hydroxylation is 1. The molecule has 0 unspecified atom stereocenters. The van der Waals surface area contributed by atoms with Crippen molar-refractivity contribution in [2.75, 3.05) is 13.6 Å². The van der Waals surface area contributed by atoms with Crippen LogP contribution in [0, 0.1) is 12.7 Å². The molecule has 3 aromatic carbocycles. The highest BCUT2D eigenvalue weighted by atomic mass is 19.4. The van der Waals surface area contributed by atoms with Gasteiger partial charge in [-0.25, -0.2) is 9.18 Å². The largest absolute Gasteiger partial charge is 0.478 e. The Labute approximate surface area is 217 Å². The maximum Gasteiger partial charge on any atom is 0.416 e. The van der Waals surface area contributed by atoms with Gasteiger partial charge in [0.2, 0.25) is 0 Å². The fourth-order valence-corrected chi connectivity index (χ4v) is 3.50. The molecule has 0 bridgehead atoms. The van der Waals surface area contributed by atoms with E-state index in [4.69, 9.17) is 9.47 Å². The van der Waals surface area contributed by atoms with Crippen LogP contribution in [0.25, 0.3) is 0 Å². The van der Waals surface area contributed by atoms with Gasteiger partial charge < -0.3 is 19.5 Å². The molecule has 0 spiro atoms. The zero-order chi connectivity index (χ0) is 28.3. The number of halogens is 4. The van der Waals surface area contributed by atoms with Crippen LogP contribution in [0.2, 0.25) is 0 Å². The predicted octanol–water partition coefficient (Wildman–Crippen LogP) is 6.50. The van der Waals surface area contributed by atoms with E-state index in [2.05, 4.69) is 0 Å². The number of carbonyl (C=O) groups is 2. The third kappa shape index (κ3) is 7.24. The van der Waals surface area contributed by atoms with Gasteiger partial charge in [0.15, 0.2) is 5.60 Å². The molecule has 0 aliphatic heterocycles. The average molecular weight is 534 g/mol. The minimum absolute atomic E-state index is 0.110. The second-order valence-electron chi connectivity index (χ2n) is 9.29. The molecule has 0 atom stereocenters. The molecule has 3 rings (SSSR count). The van der Waals surface area contributed by atoms with Gasteiger partial charge in [0.25, 0.3) is 5.91 Å². The molecule has 0 fully saturated rings. The number of hydrogen-bond donors (Lipinski definition) is 1. The maximum atomic E-state index is 14.3. The zero-order valence-electron chi connectivity index (χ0n) is 21.2. The van der Waals surface area contributed by atoms with Crippen LogP contribution in [0.4, 0.5) is 17.6 Å². The lowest BCUT2D eigenvalue weighted by Crippen LogP contribution is -2.38. The lowest BCUT2D eigenvalue weighted by Gasteiger charge is -2.23. The van der Waals surface area contributed by atoms with Crippen LogP contribution in [0.1, 0.15) is 40.9 Å². The molecule has 38 heavy (non-hydrogen) atoms. The van der Waals surface area contributed by atoms with Crippen molar-refractivity contribution in [2.45, 2.75) is 39.0 Å². The summed E-state index contributed by atoms with van der Waals surface area (Å²) in [7, 11) is 1.51. The Morgan fingerprint density at radius 2 is 1.61 bits per heavy atom. The van der Waals surface area contributed by atoms with Gasteiger partial charge in [-0.3, -0.25) is 4.79 Å². The van der Waals surface area contributed by atoms with Gasteiger partial charge in [-0.2, -0.15) is 13.2 Å². The lowest BCUT2D eigenvalue weighted by atomic mass is 10.1. The Morgan fingerprint density at radius 1 is 0.947 bits per heavy atom. The fourth-order valence-electron chi connectivity index (χ4n) is 3.50. The zero-order valence-corrected chi connectivity index (χ0v) is 21.2. The van der Waals surface area contributed by atoms with E-state index in [1.54, 1.807) is 31.2 Å². The molecule has 0 radical (unpaired) electrons. The van der Waals surface area contributed by atoms with Crippen molar-refractivity contribution in [1.82, 2.24) is 4.90 Å². The summed E-state index contributed by atoms with van der Waals surface area (Å²) in [5.74, 6) is -1.16. The summed E-state index contributed by atoms with van der Waals surface area (Å²) in [6.45, 7) is 4.78. The molecule has 0 aromatic heterocycles. The average Bonchev–Trinajstić information content (AvgIpc) is 2.83. The predicted molar refractivity (Wildman–Crippen MR) is 132 cm³/mol. The smallest absolute Gasteiger partial charge is 0.416 e. The number of ether oxygens (including phenoxy) is 2. The van der Waals surface area contributed by atoms with Gasteiger partial charge >= 0.3 is 12.1 Å². The van der Waals surface area contributed by atoms with Crippen molar-refractivity contribution >= 4 is 11.9 Å². The highest BCUT2D eigenvalue weighted by Crippen LogP contribution is 2.31. The number of carboxylic acids is 1. The first-order valence-electron chi connectivity index (χ1n) is 11.6. The van der Waals surface area contributed by atoms with Gasteiger partial charge in [0.05, 0.1) is 5.56 Å². The number of alkyl halides is 3. The van der Waals surface area contributed by atoms with Crippen LogP contribution in [0.15, 0.2) is 60.7 Å². The quantitative estimate of drug-likeness (QED) is 0.318. The molecule has 6 nitrogen and oxygen atoms in total. The lowest BCUT2D eigenvalue weighted by molar-refractivity contribution is -0.152. The summed E-state index contributed by atoms with van der Waals surface area (Å²) >= 11 is 0. The maximum absolute atomic E-state index is 14.3. The van der Waals surface area contributed by atoms with E-state index in [-0.39, 0.29) is 24.3 Å². The summed E-state index contributed by atoms with van der Waals surface area (Å²) in [4.78, 5) is 25.2. The third-order valence-electron chi connectivity index (χ3n) is 5.74. The summed E-state index contributed by atoms with van der Waals surface area (Å²) in [5, 5.41) is 9.25. The minimum atomic E-state index is -4.49. The minimum Gasteiger partial charge on any atom is -0.478 e. The van der Waals surface area contributed by atoms with Gasteiger partial charge in [-0.05, 0) is 92.9 Å². The van der Waals surface area contributed by atoms with E-state index < -0.39 is 35.0 Å². The molecule has 10 heteroatoms. The molecule has 3 aromatic rings. The van der Waals surface area contributed by atoms with Crippen molar-refractivity contribution in [3.8, 4) is 17.2 Å². The molecule has 1 N–H and O–H groups in total.